The van der Waals surface area contributed by atoms with Crippen LogP contribution in [0.3, 0.4) is 0 Å². The molecule has 0 saturated heterocycles. The minimum atomic E-state index is 0.367. The molecule has 19 heavy (non-hydrogen) atoms. The number of unbranched alkanes of at least 4 members (excludes halogenated alkanes) is 12. The Morgan fingerprint density at radius 3 is 1.47 bits per heavy atom. The normalized spacial score (nSPS) is 11.5. The van der Waals surface area contributed by atoms with Crippen molar-refractivity contribution < 1.29 is 5.11 Å². The van der Waals surface area contributed by atoms with Crippen LogP contribution < -0.4 is 0 Å². The molecule has 0 spiro atoms. The van der Waals surface area contributed by atoms with Gasteiger partial charge in [0.05, 0.1) is 0 Å². The molecule has 0 aliphatic rings. The summed E-state index contributed by atoms with van der Waals surface area (Å²) in [6.45, 7) is 2.63. The summed E-state index contributed by atoms with van der Waals surface area (Å²) in [6.07, 6.45) is 23.2. The maximum atomic E-state index is 8.66. The van der Waals surface area contributed by atoms with E-state index in [4.69, 9.17) is 5.11 Å². The molecule has 0 bridgehead atoms. The standard InChI is InChI=1S/C18H36O/c1-2-3-4-5-6-7-8-9-10-11-12-13-14-15-16-17-18-19/h6-7,19H,2-5,8-18H2,1H3. The number of aliphatic hydroxyl groups excluding tert-OH is 1. The Bertz CT molecular complexity index is 175. The first-order valence-corrected chi connectivity index (χ1v) is 8.67. The van der Waals surface area contributed by atoms with Crippen molar-refractivity contribution in [2.45, 2.75) is 96.8 Å². The molecule has 0 heterocycles. The van der Waals surface area contributed by atoms with Crippen LogP contribution in [0.4, 0.5) is 0 Å². The van der Waals surface area contributed by atoms with Crippen molar-refractivity contribution in [2.75, 3.05) is 6.61 Å². The lowest BCUT2D eigenvalue weighted by atomic mass is 10.1. The molecule has 0 saturated carbocycles. The first-order chi connectivity index (χ1) is 9.41. The third-order valence-corrected chi connectivity index (χ3v) is 3.67. The lowest BCUT2D eigenvalue weighted by Crippen LogP contribution is -1.84. The van der Waals surface area contributed by atoms with Gasteiger partial charge in [-0.1, -0.05) is 76.9 Å². The zero-order chi connectivity index (χ0) is 14.0. The Hall–Kier alpha value is -0.300. The van der Waals surface area contributed by atoms with Crippen molar-refractivity contribution in [3.05, 3.63) is 12.2 Å². The third kappa shape index (κ3) is 17.7. The van der Waals surface area contributed by atoms with E-state index in [1.165, 1.54) is 83.5 Å². The summed E-state index contributed by atoms with van der Waals surface area (Å²) in [5.74, 6) is 0. The van der Waals surface area contributed by atoms with Gasteiger partial charge in [-0.2, -0.15) is 0 Å². The lowest BCUT2D eigenvalue weighted by molar-refractivity contribution is 0.282. The highest BCUT2D eigenvalue weighted by Gasteiger charge is 1.92. The average molecular weight is 268 g/mol. The fraction of sp³-hybridized carbons (Fsp3) is 0.889. The van der Waals surface area contributed by atoms with Crippen molar-refractivity contribution in [1.29, 1.82) is 0 Å². The quantitative estimate of drug-likeness (QED) is 0.284. The van der Waals surface area contributed by atoms with E-state index in [1.54, 1.807) is 0 Å². The van der Waals surface area contributed by atoms with E-state index in [1.807, 2.05) is 0 Å². The van der Waals surface area contributed by atoms with Gasteiger partial charge >= 0.3 is 0 Å². The minimum absolute atomic E-state index is 0.367. The van der Waals surface area contributed by atoms with E-state index in [-0.39, 0.29) is 0 Å². The highest BCUT2D eigenvalue weighted by atomic mass is 16.2. The molecule has 0 aromatic heterocycles. The summed E-state index contributed by atoms with van der Waals surface area (Å²) in [5, 5.41) is 8.66. The molecule has 0 aliphatic heterocycles. The molecule has 0 aromatic rings. The lowest BCUT2D eigenvalue weighted by Gasteiger charge is -2.01. The maximum Gasteiger partial charge on any atom is 0.0431 e. The molecule has 0 atom stereocenters. The Balaban J connectivity index is 2.98. The van der Waals surface area contributed by atoms with E-state index >= 15 is 0 Å². The van der Waals surface area contributed by atoms with Gasteiger partial charge in [0.15, 0.2) is 0 Å². The Morgan fingerprint density at radius 1 is 0.579 bits per heavy atom. The summed E-state index contributed by atoms with van der Waals surface area (Å²) in [5.41, 5.74) is 0. The average Bonchev–Trinajstić information content (AvgIpc) is 2.43. The van der Waals surface area contributed by atoms with Crippen LogP contribution in [0, 0.1) is 0 Å². The predicted molar refractivity (Wildman–Crippen MR) is 86.5 cm³/mol. The summed E-state index contributed by atoms with van der Waals surface area (Å²) in [7, 11) is 0. The molecule has 1 nitrogen and oxygen atoms in total. The molecule has 0 rings (SSSR count). The number of hydrogen-bond donors (Lipinski definition) is 1. The van der Waals surface area contributed by atoms with Crippen LogP contribution in [0.25, 0.3) is 0 Å². The molecule has 114 valence electrons. The third-order valence-electron chi connectivity index (χ3n) is 3.67. The highest BCUT2D eigenvalue weighted by Crippen LogP contribution is 2.11. The molecular weight excluding hydrogens is 232 g/mol. The Kier molecular flexibility index (Phi) is 17.4. The van der Waals surface area contributed by atoms with Crippen molar-refractivity contribution in [1.82, 2.24) is 0 Å². The van der Waals surface area contributed by atoms with E-state index < -0.39 is 0 Å². The van der Waals surface area contributed by atoms with Gasteiger partial charge in [0.2, 0.25) is 0 Å². The van der Waals surface area contributed by atoms with Gasteiger partial charge in [-0.15, -0.1) is 0 Å². The molecule has 0 amide bonds. The first-order valence-electron chi connectivity index (χ1n) is 8.67. The fourth-order valence-electron chi connectivity index (χ4n) is 2.36. The second-order valence-corrected chi connectivity index (χ2v) is 5.66. The van der Waals surface area contributed by atoms with Crippen LogP contribution in [0.2, 0.25) is 0 Å². The topological polar surface area (TPSA) is 20.2 Å². The molecule has 0 aliphatic carbocycles. The molecule has 1 N–H and O–H groups in total. The minimum Gasteiger partial charge on any atom is -0.396 e. The molecule has 1 heteroatoms. The molecule has 0 aromatic carbocycles. The van der Waals surface area contributed by atoms with Gasteiger partial charge in [-0.3, -0.25) is 0 Å². The number of allylic oxidation sites excluding steroid dienone is 2. The van der Waals surface area contributed by atoms with Crippen LogP contribution in [0.15, 0.2) is 12.2 Å². The Labute approximate surface area is 121 Å². The van der Waals surface area contributed by atoms with E-state index in [0.29, 0.717) is 6.61 Å². The first kappa shape index (κ1) is 18.7. The second-order valence-electron chi connectivity index (χ2n) is 5.66. The maximum absolute atomic E-state index is 8.66. The van der Waals surface area contributed by atoms with Gasteiger partial charge in [0.25, 0.3) is 0 Å². The number of aliphatic hydroxyl groups is 1. The van der Waals surface area contributed by atoms with E-state index in [0.717, 1.165) is 6.42 Å². The summed E-state index contributed by atoms with van der Waals surface area (Å²) in [4.78, 5) is 0. The van der Waals surface area contributed by atoms with Gasteiger partial charge in [-0.05, 0) is 32.1 Å². The van der Waals surface area contributed by atoms with Crippen LogP contribution in [-0.2, 0) is 0 Å². The summed E-state index contributed by atoms with van der Waals surface area (Å²) < 4.78 is 0. The molecule has 0 fully saturated rings. The van der Waals surface area contributed by atoms with Crippen molar-refractivity contribution in [3.63, 3.8) is 0 Å². The van der Waals surface area contributed by atoms with E-state index in [2.05, 4.69) is 19.1 Å². The zero-order valence-electron chi connectivity index (χ0n) is 13.2. The van der Waals surface area contributed by atoms with Crippen molar-refractivity contribution >= 4 is 0 Å². The largest absolute Gasteiger partial charge is 0.396 e. The fourth-order valence-corrected chi connectivity index (χ4v) is 2.36. The smallest absolute Gasteiger partial charge is 0.0431 e. The van der Waals surface area contributed by atoms with E-state index in [9.17, 15) is 0 Å². The summed E-state index contributed by atoms with van der Waals surface area (Å²) in [6, 6.07) is 0. The zero-order valence-corrected chi connectivity index (χ0v) is 13.2. The molecule has 0 radical (unpaired) electrons. The summed E-state index contributed by atoms with van der Waals surface area (Å²) >= 11 is 0. The SMILES string of the molecule is CCCCCC=CCCCCCCCCCCCO. The monoisotopic (exact) mass is 268 g/mol. The van der Waals surface area contributed by atoms with Crippen molar-refractivity contribution in [3.8, 4) is 0 Å². The second kappa shape index (κ2) is 17.7. The van der Waals surface area contributed by atoms with Crippen LogP contribution in [-0.4, -0.2) is 11.7 Å². The number of rotatable bonds is 15. The van der Waals surface area contributed by atoms with Crippen LogP contribution in [0.5, 0.6) is 0 Å². The van der Waals surface area contributed by atoms with Gasteiger partial charge in [-0.25, -0.2) is 0 Å². The highest BCUT2D eigenvalue weighted by molar-refractivity contribution is 4.81. The van der Waals surface area contributed by atoms with Crippen LogP contribution in [0.1, 0.15) is 96.8 Å². The Morgan fingerprint density at radius 2 is 1.00 bits per heavy atom. The van der Waals surface area contributed by atoms with Gasteiger partial charge in [0, 0.05) is 6.61 Å². The van der Waals surface area contributed by atoms with Crippen molar-refractivity contribution in [2.24, 2.45) is 0 Å². The van der Waals surface area contributed by atoms with Gasteiger partial charge < -0.3 is 5.11 Å². The predicted octanol–water partition coefficient (Wildman–Crippen LogP) is 6.02. The molecule has 0 unspecified atom stereocenters. The molecular formula is C18H36O. The van der Waals surface area contributed by atoms with Gasteiger partial charge in [0.1, 0.15) is 0 Å². The number of hydrogen-bond acceptors (Lipinski definition) is 1. The van der Waals surface area contributed by atoms with Crippen LogP contribution >= 0.6 is 0 Å².